The third-order valence-electron chi connectivity index (χ3n) is 0.740. The first-order valence-electron chi connectivity index (χ1n) is 6.39. The molecule has 0 unspecified atom stereocenters. The van der Waals surface area contributed by atoms with E-state index in [4.69, 9.17) is 16.7 Å². The van der Waals surface area contributed by atoms with E-state index in [9.17, 15) is 0 Å². The van der Waals surface area contributed by atoms with Crippen LogP contribution in [-0.2, 0) is 0 Å². The van der Waals surface area contributed by atoms with Gasteiger partial charge in [0.1, 0.15) is 11.6 Å². The summed E-state index contributed by atoms with van der Waals surface area (Å²) in [6.45, 7) is -6.20. The minimum Gasteiger partial charge on any atom is -0.494 e. The molecule has 0 aliphatic carbocycles. The Labute approximate surface area is 71.1 Å². The molecule has 0 amide bonds. The standard InChI is InChI=1S/C7H10N2O/c1-2-10-6-3-4-9-7(8)5-6/h3-5H,2H2,1H3,(H2,8,9)/i1D3,2D2,3D,4D,5D. The maximum atomic E-state index is 7.45. The predicted molar refractivity (Wildman–Crippen MR) is 39.8 cm³/mol. The predicted octanol–water partition coefficient (Wildman–Crippen LogP) is 1.06. The average molecular weight is 146 g/mol. The number of rotatable bonds is 2. The summed E-state index contributed by atoms with van der Waals surface area (Å²) in [5.74, 6) is -1.15. The monoisotopic (exact) mass is 146 g/mol. The van der Waals surface area contributed by atoms with Gasteiger partial charge < -0.3 is 10.5 Å². The Hall–Kier alpha value is -1.25. The topological polar surface area (TPSA) is 48.1 Å². The Morgan fingerprint density at radius 2 is 3.00 bits per heavy atom. The van der Waals surface area contributed by atoms with Crippen molar-refractivity contribution in [3.63, 3.8) is 0 Å². The maximum absolute atomic E-state index is 7.45. The van der Waals surface area contributed by atoms with Gasteiger partial charge in [-0.3, -0.25) is 0 Å². The fraction of sp³-hybridized carbons (Fsp3) is 0.286. The van der Waals surface area contributed by atoms with E-state index in [0.717, 1.165) is 0 Å². The third-order valence-corrected chi connectivity index (χ3v) is 0.740. The van der Waals surface area contributed by atoms with Crippen LogP contribution in [0.5, 0.6) is 5.75 Å². The molecule has 3 nitrogen and oxygen atoms in total. The Balaban J connectivity index is 3.28. The van der Waals surface area contributed by atoms with Gasteiger partial charge in [-0.25, -0.2) is 4.98 Å². The fourth-order valence-electron chi connectivity index (χ4n) is 0.417. The number of hydrogen-bond acceptors (Lipinski definition) is 3. The Morgan fingerprint density at radius 1 is 2.10 bits per heavy atom. The second kappa shape index (κ2) is 3.06. The van der Waals surface area contributed by atoms with E-state index in [-0.39, 0.29) is 0 Å². The lowest BCUT2D eigenvalue weighted by Gasteiger charge is -2.01. The molecule has 1 rings (SSSR count). The van der Waals surface area contributed by atoms with Gasteiger partial charge in [-0.15, -0.1) is 0 Å². The second-order valence-corrected chi connectivity index (χ2v) is 1.39. The third kappa shape index (κ3) is 1.62. The lowest BCUT2D eigenvalue weighted by atomic mass is 10.4. The van der Waals surface area contributed by atoms with Gasteiger partial charge in [0.05, 0.1) is 13.4 Å². The molecular weight excluding hydrogens is 128 g/mol. The summed E-state index contributed by atoms with van der Waals surface area (Å²) in [5.41, 5.74) is 5.27. The number of pyridine rings is 1. The van der Waals surface area contributed by atoms with Gasteiger partial charge >= 0.3 is 0 Å². The van der Waals surface area contributed by atoms with E-state index in [1.807, 2.05) is 0 Å². The van der Waals surface area contributed by atoms with Crippen LogP contribution >= 0.6 is 0 Å². The van der Waals surface area contributed by atoms with Gasteiger partial charge in [0.25, 0.3) is 0 Å². The molecule has 0 radical (unpaired) electrons. The first-order chi connectivity index (χ1) is 7.97. The summed E-state index contributed by atoms with van der Waals surface area (Å²) in [6, 6.07) is -1.31. The van der Waals surface area contributed by atoms with Crippen LogP contribution in [0.4, 0.5) is 5.82 Å². The molecule has 1 aromatic heterocycles. The molecule has 10 heavy (non-hydrogen) atoms. The average Bonchev–Trinajstić information content (AvgIpc) is 2.20. The van der Waals surface area contributed by atoms with Crippen LogP contribution < -0.4 is 10.5 Å². The zero-order chi connectivity index (χ0) is 14.3. The fourth-order valence-corrected chi connectivity index (χ4v) is 0.417. The number of hydrogen-bond donors (Lipinski definition) is 1. The highest BCUT2D eigenvalue weighted by molar-refractivity contribution is 5.35. The van der Waals surface area contributed by atoms with Crippen molar-refractivity contribution < 1.29 is 15.7 Å². The van der Waals surface area contributed by atoms with Crippen LogP contribution in [0.15, 0.2) is 18.3 Å². The van der Waals surface area contributed by atoms with Crippen molar-refractivity contribution in [2.75, 3.05) is 12.3 Å². The first-order valence-corrected chi connectivity index (χ1v) is 2.39. The normalized spacial score (nSPS) is 23.6. The summed E-state index contributed by atoms with van der Waals surface area (Å²) in [6.07, 6.45) is -0.625. The van der Waals surface area contributed by atoms with Crippen molar-refractivity contribution in [1.29, 1.82) is 0 Å². The van der Waals surface area contributed by atoms with Crippen molar-refractivity contribution in [1.82, 2.24) is 4.98 Å². The number of anilines is 1. The van der Waals surface area contributed by atoms with E-state index in [1.165, 1.54) is 0 Å². The number of nitrogens with two attached hydrogens (primary N) is 1. The minimum absolute atomic E-state index is 0.438. The van der Waals surface area contributed by atoms with Crippen LogP contribution in [0.2, 0.25) is 0 Å². The molecule has 0 atom stereocenters. The van der Waals surface area contributed by atoms with Crippen LogP contribution in [0.3, 0.4) is 0 Å². The molecule has 1 heterocycles. The molecule has 0 aliphatic rings. The van der Waals surface area contributed by atoms with Crippen molar-refractivity contribution in [3.8, 4) is 5.75 Å². The molecule has 0 saturated carbocycles. The molecule has 3 heteroatoms. The summed E-state index contributed by atoms with van der Waals surface area (Å²) in [7, 11) is 0. The number of nitrogen functional groups attached to an aromatic ring is 1. The first kappa shape index (κ1) is 1.87. The van der Waals surface area contributed by atoms with Crippen molar-refractivity contribution in [3.05, 3.63) is 18.3 Å². The molecule has 0 spiro atoms. The lowest BCUT2D eigenvalue weighted by Crippen LogP contribution is -1.94. The van der Waals surface area contributed by atoms with Crippen LogP contribution in [-0.4, -0.2) is 11.5 Å². The Bertz CT molecular complexity index is 445. The smallest absolute Gasteiger partial charge is 0.126 e. The van der Waals surface area contributed by atoms with E-state index in [1.54, 1.807) is 0 Å². The molecule has 2 N–H and O–H groups in total. The number of aromatic nitrogens is 1. The van der Waals surface area contributed by atoms with Crippen molar-refractivity contribution >= 4 is 5.82 Å². The largest absolute Gasteiger partial charge is 0.494 e. The molecule has 54 valence electrons. The molecule has 0 aromatic carbocycles. The highest BCUT2D eigenvalue weighted by Gasteiger charge is 1.90. The summed E-state index contributed by atoms with van der Waals surface area (Å²) in [5, 5.41) is 0. The number of nitrogens with zero attached hydrogens (tertiary/aromatic N) is 1. The summed E-state index contributed by atoms with van der Waals surface area (Å²) < 4.78 is 62.0. The Kier molecular flexibility index (Phi) is 0.572. The molecule has 1 aromatic rings. The van der Waals surface area contributed by atoms with Crippen molar-refractivity contribution in [2.24, 2.45) is 0 Å². The van der Waals surface area contributed by atoms with Gasteiger partial charge in [0.2, 0.25) is 0 Å². The van der Waals surface area contributed by atoms with Gasteiger partial charge in [0.15, 0.2) is 0 Å². The van der Waals surface area contributed by atoms with Gasteiger partial charge in [-0.1, -0.05) is 0 Å². The maximum Gasteiger partial charge on any atom is 0.126 e. The van der Waals surface area contributed by atoms with Crippen LogP contribution in [0.25, 0.3) is 0 Å². The summed E-state index contributed by atoms with van der Waals surface area (Å²) in [4.78, 5) is 3.35. The van der Waals surface area contributed by atoms with Crippen LogP contribution in [0, 0.1) is 0 Å². The SMILES string of the molecule is [2H]c1nc(N)c([2H])c(OC([2H])([2H])C([2H])([2H])[2H])c1[2H]. The van der Waals surface area contributed by atoms with E-state index < -0.39 is 43.2 Å². The quantitative estimate of drug-likeness (QED) is 0.678. The highest BCUT2D eigenvalue weighted by Crippen LogP contribution is 2.10. The van der Waals surface area contributed by atoms with Crippen molar-refractivity contribution in [2.45, 2.75) is 6.85 Å². The number of ether oxygens (including phenoxy) is 1. The van der Waals surface area contributed by atoms with E-state index >= 15 is 0 Å². The molecule has 0 bridgehead atoms. The Morgan fingerprint density at radius 3 is 3.80 bits per heavy atom. The van der Waals surface area contributed by atoms with Crippen LogP contribution in [0.1, 0.15) is 17.8 Å². The molecule has 0 fully saturated rings. The molecular formula is C7H10N2O. The lowest BCUT2D eigenvalue weighted by molar-refractivity contribution is 0.340. The highest BCUT2D eigenvalue weighted by atomic mass is 16.5. The van der Waals surface area contributed by atoms with E-state index in [2.05, 4.69) is 9.72 Å². The van der Waals surface area contributed by atoms with Gasteiger partial charge in [-0.2, -0.15) is 0 Å². The zero-order valence-corrected chi connectivity index (χ0v) is 4.93. The van der Waals surface area contributed by atoms with E-state index in [0.29, 0.717) is 0 Å². The zero-order valence-electron chi connectivity index (χ0n) is 12.9. The molecule has 0 saturated heterocycles. The molecule has 0 aliphatic heterocycles. The summed E-state index contributed by atoms with van der Waals surface area (Å²) >= 11 is 0. The second-order valence-electron chi connectivity index (χ2n) is 1.39. The minimum atomic E-state index is -3.11. The van der Waals surface area contributed by atoms with Gasteiger partial charge in [-0.05, 0) is 12.9 Å². The van der Waals surface area contributed by atoms with Gasteiger partial charge in [0, 0.05) is 16.3 Å².